The molecule has 0 bridgehead atoms. The maximum atomic E-state index is 11.8. The second-order valence-electron chi connectivity index (χ2n) is 6.20. The van der Waals surface area contributed by atoms with Gasteiger partial charge in [-0.15, -0.1) is 0 Å². The number of benzene rings is 1. The minimum Gasteiger partial charge on any atom is -0.356 e. The second kappa shape index (κ2) is 9.18. The highest BCUT2D eigenvalue weighted by Gasteiger charge is 2.26. The molecule has 1 heterocycles. The average Bonchev–Trinajstić information content (AvgIpc) is 2.86. The van der Waals surface area contributed by atoms with E-state index in [-0.39, 0.29) is 24.0 Å². The fourth-order valence-corrected chi connectivity index (χ4v) is 2.87. The Labute approximate surface area is 138 Å². The first-order chi connectivity index (χ1) is 11.1. The zero-order valence-corrected chi connectivity index (χ0v) is 13.8. The molecule has 1 aromatic rings. The predicted octanol–water partition coefficient (Wildman–Crippen LogP) is 2.37. The number of unbranched alkanes of at least 4 members (excludes halogenated alkanes) is 2. The summed E-state index contributed by atoms with van der Waals surface area (Å²) in [5, 5.41) is 8.74. The highest BCUT2D eigenvalue weighted by Crippen LogP contribution is 2.11. The van der Waals surface area contributed by atoms with Gasteiger partial charge < -0.3 is 16.0 Å². The van der Waals surface area contributed by atoms with E-state index in [0.717, 1.165) is 32.1 Å². The van der Waals surface area contributed by atoms with Gasteiger partial charge in [-0.3, -0.25) is 4.79 Å². The number of hydrogen-bond acceptors (Lipinski definition) is 2. The van der Waals surface area contributed by atoms with Gasteiger partial charge in [0.1, 0.15) is 0 Å². The van der Waals surface area contributed by atoms with Crippen LogP contribution in [0.3, 0.4) is 0 Å². The normalized spacial score (nSPS) is 20.0. The number of rotatable bonds is 9. The largest absolute Gasteiger partial charge is 0.356 e. The van der Waals surface area contributed by atoms with Gasteiger partial charge in [0.2, 0.25) is 5.91 Å². The van der Waals surface area contributed by atoms with Crippen molar-refractivity contribution >= 4 is 11.9 Å². The molecule has 2 atom stereocenters. The maximum Gasteiger partial charge on any atom is 0.315 e. The molecule has 23 heavy (non-hydrogen) atoms. The van der Waals surface area contributed by atoms with Gasteiger partial charge in [0, 0.05) is 19.0 Å². The topological polar surface area (TPSA) is 70.2 Å². The van der Waals surface area contributed by atoms with E-state index in [2.05, 4.69) is 28.1 Å². The van der Waals surface area contributed by atoms with Gasteiger partial charge in [-0.25, -0.2) is 4.79 Å². The molecule has 5 nitrogen and oxygen atoms in total. The summed E-state index contributed by atoms with van der Waals surface area (Å²) < 4.78 is 0. The Hall–Kier alpha value is -2.04. The Kier molecular flexibility index (Phi) is 6.91. The monoisotopic (exact) mass is 317 g/mol. The van der Waals surface area contributed by atoms with Crippen molar-refractivity contribution in [2.24, 2.45) is 0 Å². The van der Waals surface area contributed by atoms with Crippen molar-refractivity contribution in [2.45, 2.75) is 57.5 Å². The third-order valence-corrected chi connectivity index (χ3v) is 4.28. The summed E-state index contributed by atoms with van der Waals surface area (Å²) in [6.45, 7) is 2.71. The van der Waals surface area contributed by atoms with Crippen LogP contribution >= 0.6 is 0 Å². The van der Waals surface area contributed by atoms with Crippen molar-refractivity contribution < 1.29 is 9.59 Å². The van der Waals surface area contributed by atoms with E-state index in [1.165, 1.54) is 5.56 Å². The Morgan fingerprint density at radius 3 is 2.61 bits per heavy atom. The van der Waals surface area contributed by atoms with E-state index in [4.69, 9.17) is 0 Å². The third kappa shape index (κ3) is 6.30. The van der Waals surface area contributed by atoms with Crippen LogP contribution in [0.2, 0.25) is 0 Å². The van der Waals surface area contributed by atoms with E-state index >= 15 is 0 Å². The maximum absolute atomic E-state index is 11.8. The van der Waals surface area contributed by atoms with Crippen LogP contribution in [0.5, 0.6) is 0 Å². The molecule has 1 aliphatic heterocycles. The zero-order chi connectivity index (χ0) is 16.5. The van der Waals surface area contributed by atoms with E-state index in [9.17, 15) is 9.59 Å². The summed E-state index contributed by atoms with van der Waals surface area (Å²) in [6, 6.07) is 10.5. The summed E-state index contributed by atoms with van der Waals surface area (Å²) in [4.78, 5) is 22.9. The standard InChI is InChI=1S/C18H27N3O2/c1-14-16(21-18(23)20-14)10-6-3-7-11-17(22)19-13-12-15-8-4-2-5-9-15/h2,4-5,8-9,14,16H,3,6-7,10-13H2,1H3,(H,19,22)(H2,20,21,23)/t14-,16-/m1/s1. The average molecular weight is 317 g/mol. The number of urea groups is 1. The van der Waals surface area contributed by atoms with Gasteiger partial charge in [0.25, 0.3) is 0 Å². The number of hydrogen-bond donors (Lipinski definition) is 3. The van der Waals surface area contributed by atoms with E-state index in [0.29, 0.717) is 13.0 Å². The predicted molar refractivity (Wildman–Crippen MR) is 91.2 cm³/mol. The van der Waals surface area contributed by atoms with Crippen LogP contribution in [-0.4, -0.2) is 30.6 Å². The molecule has 2 rings (SSSR count). The number of amides is 3. The smallest absolute Gasteiger partial charge is 0.315 e. The molecule has 3 amide bonds. The molecule has 1 aliphatic rings. The number of carbonyl (C=O) groups is 2. The molecule has 0 spiro atoms. The highest BCUT2D eigenvalue weighted by atomic mass is 16.2. The molecular formula is C18H27N3O2. The Balaban J connectivity index is 1.48. The molecule has 126 valence electrons. The van der Waals surface area contributed by atoms with Crippen LogP contribution in [0.25, 0.3) is 0 Å². The molecule has 1 saturated heterocycles. The van der Waals surface area contributed by atoms with Crippen molar-refractivity contribution in [2.75, 3.05) is 6.54 Å². The summed E-state index contributed by atoms with van der Waals surface area (Å²) >= 11 is 0. The lowest BCUT2D eigenvalue weighted by molar-refractivity contribution is -0.121. The second-order valence-corrected chi connectivity index (χ2v) is 6.20. The molecule has 0 aliphatic carbocycles. The van der Waals surface area contributed by atoms with Crippen LogP contribution in [0, 0.1) is 0 Å². The highest BCUT2D eigenvalue weighted by molar-refractivity contribution is 5.77. The molecule has 0 radical (unpaired) electrons. The van der Waals surface area contributed by atoms with Crippen LogP contribution < -0.4 is 16.0 Å². The molecular weight excluding hydrogens is 290 g/mol. The van der Waals surface area contributed by atoms with Gasteiger partial charge in [-0.05, 0) is 31.7 Å². The molecule has 1 fully saturated rings. The van der Waals surface area contributed by atoms with E-state index in [1.807, 2.05) is 25.1 Å². The first-order valence-corrected chi connectivity index (χ1v) is 8.53. The third-order valence-electron chi connectivity index (χ3n) is 4.28. The van der Waals surface area contributed by atoms with Gasteiger partial charge >= 0.3 is 6.03 Å². The lowest BCUT2D eigenvalue weighted by Crippen LogP contribution is -2.30. The first kappa shape index (κ1) is 17.3. The Morgan fingerprint density at radius 1 is 1.13 bits per heavy atom. The molecule has 0 aromatic heterocycles. The summed E-state index contributed by atoms with van der Waals surface area (Å²) in [6.07, 6.45) is 5.38. The number of carbonyl (C=O) groups excluding carboxylic acids is 2. The van der Waals surface area contributed by atoms with Crippen molar-refractivity contribution in [3.05, 3.63) is 35.9 Å². The number of nitrogens with one attached hydrogen (secondary N) is 3. The summed E-state index contributed by atoms with van der Waals surface area (Å²) in [5.41, 5.74) is 1.24. The van der Waals surface area contributed by atoms with Gasteiger partial charge in [0.15, 0.2) is 0 Å². The molecule has 0 saturated carbocycles. The SMILES string of the molecule is C[C@H]1NC(=O)N[C@@H]1CCCCCC(=O)NCCc1ccccc1. The van der Waals surface area contributed by atoms with E-state index < -0.39 is 0 Å². The van der Waals surface area contributed by atoms with Gasteiger partial charge in [0.05, 0.1) is 6.04 Å². The summed E-state index contributed by atoms with van der Waals surface area (Å²) in [7, 11) is 0. The lowest BCUT2D eigenvalue weighted by atomic mass is 10.0. The van der Waals surface area contributed by atoms with Crippen molar-refractivity contribution in [3.63, 3.8) is 0 Å². The van der Waals surface area contributed by atoms with Crippen molar-refractivity contribution in [1.29, 1.82) is 0 Å². The van der Waals surface area contributed by atoms with Crippen LogP contribution in [0.4, 0.5) is 4.79 Å². The molecule has 1 aromatic carbocycles. The van der Waals surface area contributed by atoms with Gasteiger partial charge in [-0.2, -0.15) is 0 Å². The lowest BCUT2D eigenvalue weighted by Gasteiger charge is -2.13. The quantitative estimate of drug-likeness (QED) is 0.612. The Bertz CT molecular complexity index is 504. The van der Waals surface area contributed by atoms with Gasteiger partial charge in [-0.1, -0.05) is 43.2 Å². The van der Waals surface area contributed by atoms with Crippen LogP contribution in [-0.2, 0) is 11.2 Å². The minimum atomic E-state index is -0.0692. The summed E-state index contributed by atoms with van der Waals surface area (Å²) in [5.74, 6) is 0.130. The van der Waals surface area contributed by atoms with Crippen molar-refractivity contribution in [1.82, 2.24) is 16.0 Å². The fourth-order valence-electron chi connectivity index (χ4n) is 2.87. The molecule has 5 heteroatoms. The molecule has 3 N–H and O–H groups in total. The van der Waals surface area contributed by atoms with Crippen LogP contribution in [0.1, 0.15) is 44.6 Å². The zero-order valence-electron chi connectivity index (χ0n) is 13.8. The minimum absolute atomic E-state index is 0.0692. The Morgan fingerprint density at radius 2 is 1.91 bits per heavy atom. The molecule has 0 unspecified atom stereocenters. The van der Waals surface area contributed by atoms with E-state index in [1.54, 1.807) is 0 Å². The fraction of sp³-hybridized carbons (Fsp3) is 0.556. The van der Waals surface area contributed by atoms with Crippen molar-refractivity contribution in [3.8, 4) is 0 Å². The first-order valence-electron chi connectivity index (χ1n) is 8.53. The van der Waals surface area contributed by atoms with Crippen LogP contribution in [0.15, 0.2) is 30.3 Å².